The fourth-order valence-electron chi connectivity index (χ4n) is 11.0. The minimum Gasteiger partial charge on any atom is -0.309 e. The Morgan fingerprint density at radius 2 is 0.879 bits per heavy atom. The smallest absolute Gasteiger partial charge is 0.160 e. The van der Waals surface area contributed by atoms with Crippen molar-refractivity contribution in [2.45, 2.75) is 19.3 Å². The molecule has 0 N–H and O–H groups in total. The second-order valence-corrected chi connectivity index (χ2v) is 18.1. The molecule has 0 radical (unpaired) electrons. The minimum atomic E-state index is -0.273. The maximum atomic E-state index is 5.21. The molecule has 10 aromatic carbocycles. The summed E-state index contributed by atoms with van der Waals surface area (Å²) in [6, 6.07) is 81.1. The first-order valence-corrected chi connectivity index (χ1v) is 22.8. The molecular weight excluding hydrogens is 799 g/mol. The van der Waals surface area contributed by atoms with Crippen molar-refractivity contribution in [3.63, 3.8) is 0 Å². The predicted octanol–water partition coefficient (Wildman–Crippen LogP) is 16.5. The summed E-state index contributed by atoms with van der Waals surface area (Å²) in [6.07, 6.45) is 0. The molecule has 13 rings (SSSR count). The molecule has 2 aromatic heterocycles. The Morgan fingerprint density at radius 1 is 0.348 bits per heavy atom. The zero-order valence-electron chi connectivity index (χ0n) is 36.7. The summed E-state index contributed by atoms with van der Waals surface area (Å²) in [5.41, 5.74) is 18.3. The van der Waals surface area contributed by atoms with Gasteiger partial charge in [0, 0.05) is 38.6 Å². The number of hydrogen-bond donors (Lipinski definition) is 0. The fourth-order valence-corrected chi connectivity index (χ4v) is 11.0. The molecular formula is C63H43N3. The third-order valence-corrected chi connectivity index (χ3v) is 13.9. The topological polar surface area (TPSA) is 30.7 Å². The summed E-state index contributed by atoms with van der Waals surface area (Å²) >= 11 is 0. The van der Waals surface area contributed by atoms with Gasteiger partial charge in [0.1, 0.15) is 0 Å². The minimum absolute atomic E-state index is 0.273. The standard InChI is InChI=1S/C63H43N3/c1-63(2)59-52-29-12-10-26-49(52)48-25-9-11-28-51(48)58(59)54-36-35-53-50-27-13-14-30-57(50)66(61(53)60(54)63)47-24-16-22-45(38-47)44-21-15-23-46(37-44)56-39-55(64-62(65-56)43-19-7-4-8-20-43)42-33-31-41(32-34-42)40-17-5-3-6-18-40/h3-39H,1-2H3. The molecule has 0 amide bonds. The Labute approximate surface area is 384 Å². The van der Waals surface area contributed by atoms with Gasteiger partial charge in [-0.1, -0.05) is 208 Å². The van der Waals surface area contributed by atoms with Crippen molar-refractivity contribution in [2.24, 2.45) is 0 Å². The van der Waals surface area contributed by atoms with E-state index in [4.69, 9.17) is 9.97 Å². The lowest BCUT2D eigenvalue weighted by Crippen LogP contribution is -2.17. The van der Waals surface area contributed by atoms with Gasteiger partial charge in [0.05, 0.1) is 22.4 Å². The Hall–Kier alpha value is -8.40. The van der Waals surface area contributed by atoms with Crippen LogP contribution in [0.4, 0.5) is 0 Å². The van der Waals surface area contributed by atoms with Crippen LogP contribution in [-0.2, 0) is 5.41 Å². The first kappa shape index (κ1) is 38.1. The van der Waals surface area contributed by atoms with Gasteiger partial charge in [-0.3, -0.25) is 0 Å². The molecule has 66 heavy (non-hydrogen) atoms. The lowest BCUT2D eigenvalue weighted by atomic mass is 9.78. The molecule has 0 atom stereocenters. The van der Waals surface area contributed by atoms with Crippen LogP contribution in [0.5, 0.6) is 0 Å². The van der Waals surface area contributed by atoms with E-state index in [2.05, 4.69) is 225 Å². The Kier molecular flexibility index (Phi) is 8.56. The van der Waals surface area contributed by atoms with Crippen LogP contribution in [0.2, 0.25) is 0 Å². The largest absolute Gasteiger partial charge is 0.309 e. The van der Waals surface area contributed by atoms with Crippen LogP contribution in [0.25, 0.3) is 116 Å². The maximum absolute atomic E-state index is 5.21. The zero-order valence-corrected chi connectivity index (χ0v) is 36.7. The summed E-state index contributed by atoms with van der Waals surface area (Å²) in [5, 5.41) is 7.79. The van der Waals surface area contributed by atoms with Crippen molar-refractivity contribution in [1.29, 1.82) is 0 Å². The SMILES string of the molecule is CC1(C)c2c(c3ccccc3c3ccccc23)-c2ccc3c4ccccc4n(-c4cccc(-c5cccc(-c6cc(-c7ccc(-c8ccccc8)cc7)nc(-c7ccccc7)n6)c5)c4)c3c21. The highest BCUT2D eigenvalue weighted by molar-refractivity contribution is 6.21. The summed E-state index contributed by atoms with van der Waals surface area (Å²) in [6.45, 7) is 4.87. The van der Waals surface area contributed by atoms with Gasteiger partial charge >= 0.3 is 0 Å². The van der Waals surface area contributed by atoms with Crippen LogP contribution in [0.1, 0.15) is 25.0 Å². The first-order valence-electron chi connectivity index (χ1n) is 22.8. The van der Waals surface area contributed by atoms with Gasteiger partial charge in [-0.15, -0.1) is 0 Å². The lowest BCUT2D eigenvalue weighted by Gasteiger charge is -2.25. The molecule has 0 spiro atoms. The van der Waals surface area contributed by atoms with Gasteiger partial charge in [-0.2, -0.15) is 0 Å². The van der Waals surface area contributed by atoms with Gasteiger partial charge < -0.3 is 4.57 Å². The number of aromatic nitrogens is 3. The van der Waals surface area contributed by atoms with Gasteiger partial charge in [0.15, 0.2) is 5.82 Å². The van der Waals surface area contributed by atoms with Crippen LogP contribution in [0, 0.1) is 0 Å². The molecule has 0 aliphatic heterocycles. The van der Waals surface area contributed by atoms with E-state index in [1.54, 1.807) is 0 Å². The molecule has 0 saturated carbocycles. The Balaban J connectivity index is 0.960. The monoisotopic (exact) mass is 841 g/mol. The maximum Gasteiger partial charge on any atom is 0.160 e. The molecule has 3 heteroatoms. The number of hydrogen-bond acceptors (Lipinski definition) is 2. The van der Waals surface area contributed by atoms with E-state index in [9.17, 15) is 0 Å². The molecule has 0 fully saturated rings. The lowest BCUT2D eigenvalue weighted by molar-refractivity contribution is 0.670. The molecule has 310 valence electrons. The van der Waals surface area contributed by atoms with E-state index in [0.29, 0.717) is 5.82 Å². The van der Waals surface area contributed by atoms with Crippen molar-refractivity contribution in [3.8, 4) is 73.0 Å². The van der Waals surface area contributed by atoms with E-state index in [1.807, 2.05) is 18.2 Å². The van der Waals surface area contributed by atoms with E-state index in [1.165, 1.54) is 76.7 Å². The molecule has 0 unspecified atom stereocenters. The van der Waals surface area contributed by atoms with Crippen LogP contribution >= 0.6 is 0 Å². The quantitative estimate of drug-likeness (QED) is 0.156. The van der Waals surface area contributed by atoms with E-state index >= 15 is 0 Å². The van der Waals surface area contributed by atoms with Crippen molar-refractivity contribution in [2.75, 3.05) is 0 Å². The van der Waals surface area contributed by atoms with Gasteiger partial charge in [-0.25, -0.2) is 9.97 Å². The number of rotatable bonds is 6. The average molecular weight is 842 g/mol. The second kappa shape index (κ2) is 14.8. The van der Waals surface area contributed by atoms with Crippen LogP contribution in [0.3, 0.4) is 0 Å². The van der Waals surface area contributed by atoms with E-state index in [0.717, 1.165) is 44.9 Å². The summed E-state index contributed by atoms with van der Waals surface area (Å²) in [4.78, 5) is 10.3. The van der Waals surface area contributed by atoms with E-state index in [-0.39, 0.29) is 5.41 Å². The Bertz CT molecular complexity index is 3880. The summed E-state index contributed by atoms with van der Waals surface area (Å²) < 4.78 is 2.53. The molecule has 1 aliphatic rings. The van der Waals surface area contributed by atoms with Crippen molar-refractivity contribution < 1.29 is 0 Å². The van der Waals surface area contributed by atoms with Gasteiger partial charge in [-0.05, 0) is 96.4 Å². The summed E-state index contributed by atoms with van der Waals surface area (Å²) in [5.74, 6) is 0.701. The number of benzene rings is 10. The predicted molar refractivity (Wildman–Crippen MR) is 276 cm³/mol. The van der Waals surface area contributed by atoms with Crippen LogP contribution < -0.4 is 0 Å². The highest BCUT2D eigenvalue weighted by atomic mass is 15.0. The Morgan fingerprint density at radius 3 is 1.62 bits per heavy atom. The molecule has 1 aliphatic carbocycles. The number of nitrogens with zero attached hydrogens (tertiary/aromatic N) is 3. The van der Waals surface area contributed by atoms with E-state index < -0.39 is 0 Å². The van der Waals surface area contributed by atoms with Crippen molar-refractivity contribution >= 4 is 43.4 Å². The third kappa shape index (κ3) is 5.90. The zero-order chi connectivity index (χ0) is 43.9. The second-order valence-electron chi connectivity index (χ2n) is 18.1. The molecule has 0 saturated heterocycles. The highest BCUT2D eigenvalue weighted by Crippen LogP contribution is 2.57. The normalized spacial score (nSPS) is 12.8. The fraction of sp³-hybridized carbons (Fsp3) is 0.0476. The van der Waals surface area contributed by atoms with Gasteiger partial charge in [0.2, 0.25) is 0 Å². The molecule has 12 aromatic rings. The van der Waals surface area contributed by atoms with Gasteiger partial charge in [0.25, 0.3) is 0 Å². The van der Waals surface area contributed by atoms with Crippen molar-refractivity contribution in [1.82, 2.24) is 14.5 Å². The molecule has 2 heterocycles. The van der Waals surface area contributed by atoms with Crippen LogP contribution in [-0.4, -0.2) is 14.5 Å². The average Bonchev–Trinajstić information content (AvgIpc) is 3.85. The van der Waals surface area contributed by atoms with Crippen LogP contribution in [0.15, 0.2) is 224 Å². The third-order valence-electron chi connectivity index (χ3n) is 13.9. The molecule has 3 nitrogen and oxygen atoms in total. The molecule has 0 bridgehead atoms. The highest BCUT2D eigenvalue weighted by Gasteiger charge is 2.41. The number of para-hydroxylation sites is 1. The summed E-state index contributed by atoms with van der Waals surface area (Å²) in [7, 11) is 0. The van der Waals surface area contributed by atoms with Crippen molar-refractivity contribution in [3.05, 3.63) is 236 Å². The number of fused-ring (bicyclic) bond motifs is 12. The first-order chi connectivity index (χ1) is 32.5.